The van der Waals surface area contributed by atoms with E-state index in [-0.39, 0.29) is 6.04 Å². The number of likely N-dealkylation sites (tertiary alicyclic amines) is 1. The third kappa shape index (κ3) is 6.29. The predicted octanol–water partition coefficient (Wildman–Crippen LogP) is 3.69. The zero-order valence-electron chi connectivity index (χ0n) is 15.1. The minimum Gasteiger partial charge on any atom is -0.371 e. The van der Waals surface area contributed by atoms with Crippen LogP contribution in [0.25, 0.3) is 0 Å². The molecule has 0 bridgehead atoms. The number of rotatable bonds is 9. The molecule has 1 aliphatic heterocycles. The van der Waals surface area contributed by atoms with Gasteiger partial charge in [-0.05, 0) is 44.3 Å². The van der Waals surface area contributed by atoms with Crippen molar-refractivity contribution in [2.24, 2.45) is 0 Å². The summed E-state index contributed by atoms with van der Waals surface area (Å²) in [5.74, 6) is -0.633. The van der Waals surface area contributed by atoms with Crippen LogP contribution < -0.4 is 5.32 Å². The van der Waals surface area contributed by atoms with Gasteiger partial charge in [-0.1, -0.05) is 30.3 Å². The molecule has 26 heavy (non-hydrogen) atoms. The lowest BCUT2D eigenvalue weighted by molar-refractivity contribution is -0.214. The Labute approximate surface area is 152 Å². The van der Waals surface area contributed by atoms with Crippen LogP contribution in [0.3, 0.4) is 0 Å². The maximum atomic E-state index is 12.6. The summed E-state index contributed by atoms with van der Waals surface area (Å²) in [6.07, 6.45) is -3.33. The quantitative estimate of drug-likeness (QED) is 0.672. The van der Waals surface area contributed by atoms with Crippen LogP contribution in [0.2, 0.25) is 0 Å². The van der Waals surface area contributed by atoms with E-state index in [0.717, 1.165) is 26.6 Å². The predicted molar refractivity (Wildman–Crippen MR) is 93.7 cm³/mol. The van der Waals surface area contributed by atoms with Crippen molar-refractivity contribution in [2.75, 3.05) is 26.7 Å². The normalized spacial score (nSPS) is 17.8. The molecule has 2 atom stereocenters. The second-order valence-electron chi connectivity index (χ2n) is 6.63. The zero-order chi connectivity index (χ0) is 19.0. The van der Waals surface area contributed by atoms with Gasteiger partial charge in [0.1, 0.15) is 0 Å². The van der Waals surface area contributed by atoms with Crippen molar-refractivity contribution < 1.29 is 22.7 Å². The number of amides is 1. The number of alkyl halides is 3. The molecular weight excluding hydrogens is 345 g/mol. The lowest BCUT2D eigenvalue weighted by Gasteiger charge is -2.28. The van der Waals surface area contributed by atoms with Gasteiger partial charge in [0.15, 0.2) is 6.10 Å². The molecule has 2 unspecified atom stereocenters. The van der Waals surface area contributed by atoms with Crippen LogP contribution in [0.15, 0.2) is 30.3 Å². The summed E-state index contributed by atoms with van der Waals surface area (Å²) >= 11 is 0. The first-order valence-electron chi connectivity index (χ1n) is 9.07. The van der Waals surface area contributed by atoms with Crippen LogP contribution in [0.1, 0.15) is 43.7 Å². The average Bonchev–Trinajstić information content (AvgIpc) is 3.13. The van der Waals surface area contributed by atoms with E-state index in [2.05, 4.69) is 27.1 Å². The van der Waals surface area contributed by atoms with Crippen LogP contribution in [-0.4, -0.2) is 49.8 Å². The van der Waals surface area contributed by atoms with Crippen molar-refractivity contribution in [2.45, 2.75) is 50.4 Å². The van der Waals surface area contributed by atoms with Gasteiger partial charge in [0.2, 0.25) is 5.91 Å². The highest BCUT2D eigenvalue weighted by molar-refractivity contribution is 5.76. The molecule has 0 aliphatic carbocycles. The number of hydrogen-bond acceptors (Lipinski definition) is 3. The van der Waals surface area contributed by atoms with E-state index in [0.29, 0.717) is 13.0 Å². The first kappa shape index (κ1) is 20.7. The van der Waals surface area contributed by atoms with Gasteiger partial charge in [0, 0.05) is 19.7 Å². The molecule has 4 nitrogen and oxygen atoms in total. The molecule has 0 spiro atoms. The van der Waals surface area contributed by atoms with Crippen molar-refractivity contribution in [1.29, 1.82) is 0 Å². The summed E-state index contributed by atoms with van der Waals surface area (Å²) in [6, 6.07) is 10.5. The minimum absolute atomic E-state index is 0.289. The lowest BCUT2D eigenvalue weighted by atomic mass is 10.0. The number of halogens is 3. The van der Waals surface area contributed by atoms with Gasteiger partial charge in [-0.3, -0.25) is 9.69 Å². The summed E-state index contributed by atoms with van der Waals surface area (Å²) in [5.41, 5.74) is 1.25. The number of nitrogens with one attached hydrogen (secondary N) is 1. The Kier molecular flexibility index (Phi) is 7.90. The van der Waals surface area contributed by atoms with Gasteiger partial charge < -0.3 is 10.1 Å². The Balaban J connectivity index is 1.79. The zero-order valence-corrected chi connectivity index (χ0v) is 15.1. The Morgan fingerprint density at radius 2 is 1.88 bits per heavy atom. The lowest BCUT2D eigenvalue weighted by Crippen LogP contribution is -2.37. The van der Waals surface area contributed by atoms with E-state index in [4.69, 9.17) is 0 Å². The van der Waals surface area contributed by atoms with Crippen LogP contribution in [0.5, 0.6) is 0 Å². The molecule has 1 N–H and O–H groups in total. The number of nitrogens with zero attached hydrogens (tertiary/aromatic N) is 1. The summed E-state index contributed by atoms with van der Waals surface area (Å²) in [7, 11) is 0.964. The molecule has 0 radical (unpaired) electrons. The van der Waals surface area contributed by atoms with Gasteiger partial charge in [-0.25, -0.2) is 0 Å². The molecule has 0 aromatic heterocycles. The van der Waals surface area contributed by atoms with Crippen molar-refractivity contribution in [3.63, 3.8) is 0 Å². The van der Waals surface area contributed by atoms with E-state index in [1.54, 1.807) is 0 Å². The second-order valence-corrected chi connectivity index (χ2v) is 6.63. The highest BCUT2D eigenvalue weighted by Crippen LogP contribution is 2.29. The number of benzene rings is 1. The molecule has 1 heterocycles. The molecule has 1 aromatic carbocycles. The summed E-state index contributed by atoms with van der Waals surface area (Å²) in [5, 5.41) is 2.58. The van der Waals surface area contributed by atoms with E-state index in [1.165, 1.54) is 18.4 Å². The largest absolute Gasteiger partial charge is 0.415 e. The smallest absolute Gasteiger partial charge is 0.371 e. The Morgan fingerprint density at radius 3 is 2.46 bits per heavy atom. The van der Waals surface area contributed by atoms with Gasteiger partial charge in [-0.15, -0.1) is 0 Å². The van der Waals surface area contributed by atoms with Gasteiger partial charge >= 0.3 is 6.18 Å². The summed E-state index contributed by atoms with van der Waals surface area (Å²) < 4.78 is 42.2. The van der Waals surface area contributed by atoms with Crippen LogP contribution in [-0.2, 0) is 9.53 Å². The van der Waals surface area contributed by atoms with E-state index in [1.807, 2.05) is 18.2 Å². The molecule has 1 aliphatic rings. The first-order chi connectivity index (χ1) is 12.4. The number of hydrogen-bond donors (Lipinski definition) is 1. The van der Waals surface area contributed by atoms with E-state index in [9.17, 15) is 18.0 Å². The third-order valence-electron chi connectivity index (χ3n) is 4.76. The Morgan fingerprint density at radius 1 is 1.23 bits per heavy atom. The Bertz CT molecular complexity index is 545. The fraction of sp³-hybridized carbons (Fsp3) is 0.632. The molecule has 0 saturated carbocycles. The number of methoxy groups -OCH3 is 1. The van der Waals surface area contributed by atoms with Crippen molar-refractivity contribution in [3.05, 3.63) is 35.9 Å². The summed E-state index contributed by atoms with van der Waals surface area (Å²) in [6.45, 7) is 2.49. The average molecular weight is 372 g/mol. The minimum atomic E-state index is -4.53. The maximum absolute atomic E-state index is 12.6. The van der Waals surface area contributed by atoms with E-state index >= 15 is 0 Å². The van der Waals surface area contributed by atoms with Crippen molar-refractivity contribution >= 4 is 5.91 Å². The number of carbonyl (C=O) groups is 1. The Hall–Kier alpha value is -1.60. The molecule has 1 amide bonds. The number of ether oxygens (including phenoxy) is 1. The van der Waals surface area contributed by atoms with Gasteiger partial charge in [0.25, 0.3) is 0 Å². The fourth-order valence-electron chi connectivity index (χ4n) is 3.38. The molecule has 2 rings (SSSR count). The highest BCUT2D eigenvalue weighted by Gasteiger charge is 2.41. The second kappa shape index (κ2) is 9.92. The topological polar surface area (TPSA) is 41.6 Å². The first-order valence-corrected chi connectivity index (χ1v) is 9.07. The molecule has 7 heteroatoms. The SMILES string of the molecule is COC(CC(=O)NCCCC(c1ccccc1)N1CCCC1)C(F)(F)F. The van der Waals surface area contributed by atoms with Gasteiger partial charge in [-0.2, -0.15) is 13.2 Å². The molecule has 1 fully saturated rings. The van der Waals surface area contributed by atoms with Crippen LogP contribution in [0.4, 0.5) is 13.2 Å². The highest BCUT2D eigenvalue weighted by atomic mass is 19.4. The maximum Gasteiger partial charge on any atom is 0.415 e. The molecule has 146 valence electrons. The summed E-state index contributed by atoms with van der Waals surface area (Å²) in [4.78, 5) is 14.2. The third-order valence-corrected chi connectivity index (χ3v) is 4.76. The van der Waals surface area contributed by atoms with Crippen molar-refractivity contribution in [3.8, 4) is 0 Å². The fourth-order valence-corrected chi connectivity index (χ4v) is 3.38. The standard InChI is InChI=1S/C19H27F3N2O2/c1-26-17(19(20,21)22)14-18(25)23-11-7-10-16(24-12-5-6-13-24)15-8-3-2-4-9-15/h2-4,8-9,16-17H,5-7,10-14H2,1H3,(H,23,25). The number of carbonyl (C=O) groups excluding carboxylic acids is 1. The van der Waals surface area contributed by atoms with Crippen molar-refractivity contribution in [1.82, 2.24) is 10.2 Å². The van der Waals surface area contributed by atoms with Crippen LogP contribution in [0, 0.1) is 0 Å². The van der Waals surface area contributed by atoms with Crippen LogP contribution >= 0.6 is 0 Å². The molecular formula is C19H27F3N2O2. The monoisotopic (exact) mass is 372 g/mol. The van der Waals surface area contributed by atoms with E-state index < -0.39 is 24.6 Å². The van der Waals surface area contributed by atoms with Gasteiger partial charge in [0.05, 0.1) is 6.42 Å². The molecule has 1 aromatic rings. The molecule has 1 saturated heterocycles.